The number of halogens is 3. The Morgan fingerprint density at radius 1 is 1.02 bits per heavy atom. The summed E-state index contributed by atoms with van der Waals surface area (Å²) in [6, 6.07) is 22.9. The summed E-state index contributed by atoms with van der Waals surface area (Å²) in [4.78, 5) is 35.9. The molecule has 3 heterocycles. The highest BCUT2D eigenvalue weighted by atomic mass is 19.4. The Morgan fingerprint density at radius 3 is 2.44 bits per heavy atom. The number of aromatic nitrogens is 2. The van der Waals surface area contributed by atoms with Gasteiger partial charge in [-0.25, -0.2) is 19.6 Å². The number of fused-ring (bicyclic) bond motifs is 1. The Bertz CT molecular complexity index is 1720. The molecule has 254 valence electrons. The van der Waals surface area contributed by atoms with Gasteiger partial charge >= 0.3 is 18.2 Å². The maximum absolute atomic E-state index is 13.3. The zero-order chi connectivity index (χ0) is 34.3. The summed E-state index contributed by atoms with van der Waals surface area (Å²) in [5, 5.41) is 18.6. The van der Waals surface area contributed by atoms with E-state index < -0.39 is 12.1 Å². The number of piperazine rings is 1. The molecule has 14 heteroatoms. The van der Waals surface area contributed by atoms with Crippen LogP contribution < -0.4 is 4.90 Å². The zero-order valence-corrected chi connectivity index (χ0v) is 26.1. The molecule has 2 aliphatic heterocycles. The van der Waals surface area contributed by atoms with Crippen LogP contribution in [-0.4, -0.2) is 94.9 Å². The van der Waals surface area contributed by atoms with Gasteiger partial charge in [-0.3, -0.25) is 4.90 Å². The molecule has 1 amide bonds. The SMILES string of the molecule is Cc1ccc2c(N3CCN(C(=O)O[C@@H]4CCOC4)[C@@H](COCc4ccccc4)C3)nc(-c3ccccc3O)nc2c1.O=C(O)C(F)(F)F. The van der Waals surface area contributed by atoms with Gasteiger partial charge in [-0.2, -0.15) is 13.2 Å². The van der Waals surface area contributed by atoms with Crippen molar-refractivity contribution in [1.29, 1.82) is 0 Å². The van der Waals surface area contributed by atoms with Crippen LogP contribution in [0.1, 0.15) is 17.5 Å². The van der Waals surface area contributed by atoms with Crippen LogP contribution in [0, 0.1) is 6.92 Å². The van der Waals surface area contributed by atoms with Gasteiger partial charge in [0.15, 0.2) is 5.82 Å². The summed E-state index contributed by atoms with van der Waals surface area (Å²) in [6.45, 7) is 5.38. The topological polar surface area (TPSA) is 135 Å². The summed E-state index contributed by atoms with van der Waals surface area (Å²) >= 11 is 0. The fourth-order valence-electron chi connectivity index (χ4n) is 5.38. The minimum atomic E-state index is -5.08. The van der Waals surface area contributed by atoms with Crippen molar-refractivity contribution in [2.75, 3.05) is 44.4 Å². The molecule has 2 fully saturated rings. The van der Waals surface area contributed by atoms with Gasteiger partial charge in [0.2, 0.25) is 0 Å². The summed E-state index contributed by atoms with van der Waals surface area (Å²) in [5.74, 6) is -1.41. The van der Waals surface area contributed by atoms with E-state index in [-0.39, 0.29) is 24.0 Å². The number of alkyl halides is 3. The van der Waals surface area contributed by atoms with Crippen LogP contribution in [0.4, 0.5) is 23.8 Å². The van der Waals surface area contributed by atoms with Crippen molar-refractivity contribution in [3.63, 3.8) is 0 Å². The van der Waals surface area contributed by atoms with Gasteiger partial charge in [-0.05, 0) is 42.3 Å². The Kier molecular flexibility index (Phi) is 11.0. The molecule has 3 aromatic carbocycles. The molecule has 2 N–H and O–H groups in total. The minimum Gasteiger partial charge on any atom is -0.507 e. The predicted octanol–water partition coefficient (Wildman–Crippen LogP) is 5.58. The molecular weight excluding hydrogens is 633 g/mol. The van der Waals surface area contributed by atoms with Crippen LogP contribution in [0.15, 0.2) is 72.8 Å². The molecule has 48 heavy (non-hydrogen) atoms. The summed E-state index contributed by atoms with van der Waals surface area (Å²) in [6.07, 6.45) is -4.93. The van der Waals surface area contributed by atoms with E-state index in [1.54, 1.807) is 17.0 Å². The van der Waals surface area contributed by atoms with Gasteiger partial charge in [0.1, 0.15) is 17.7 Å². The number of aliphatic carboxylic acids is 1. The van der Waals surface area contributed by atoms with Crippen LogP contribution in [0.2, 0.25) is 0 Å². The number of rotatable bonds is 7. The number of para-hydroxylation sites is 1. The fourth-order valence-corrected chi connectivity index (χ4v) is 5.38. The van der Waals surface area contributed by atoms with E-state index in [0.717, 1.165) is 27.8 Å². The number of phenols is 1. The van der Waals surface area contributed by atoms with Crippen molar-refractivity contribution in [1.82, 2.24) is 14.9 Å². The maximum Gasteiger partial charge on any atom is 0.490 e. The number of nitrogens with zero attached hydrogens (tertiary/aromatic N) is 4. The first-order valence-electron chi connectivity index (χ1n) is 15.3. The molecule has 0 saturated carbocycles. The number of aromatic hydroxyl groups is 1. The Labute approximate surface area is 274 Å². The second kappa shape index (κ2) is 15.3. The standard InChI is InChI=1S/C32H34N4O5.C2HF3O2/c1-22-11-12-26-28(17-22)33-30(27-9-5-6-10-29(27)37)34-31(26)35-14-15-36(32(38)41-25-13-16-39-21-25)24(18-35)20-40-19-23-7-3-2-4-8-23;3-2(4,5)1(6)7/h2-12,17,24-25,37H,13-16,18-21H2,1H3;(H,6,7)/t24-,25-;/m1./s1. The lowest BCUT2D eigenvalue weighted by atomic mass is 10.1. The number of amides is 1. The number of benzene rings is 3. The van der Waals surface area contributed by atoms with E-state index >= 15 is 0 Å². The van der Waals surface area contributed by atoms with Crippen molar-refractivity contribution in [2.45, 2.75) is 38.3 Å². The van der Waals surface area contributed by atoms with Crippen LogP contribution in [-0.2, 0) is 25.6 Å². The number of carboxylic acid groups (broad SMARTS) is 1. The number of aryl methyl sites for hydroxylation is 1. The van der Waals surface area contributed by atoms with E-state index in [2.05, 4.69) is 4.90 Å². The normalized spacial score (nSPS) is 17.9. The highest BCUT2D eigenvalue weighted by Crippen LogP contribution is 2.33. The largest absolute Gasteiger partial charge is 0.507 e. The second-order valence-electron chi connectivity index (χ2n) is 11.4. The van der Waals surface area contributed by atoms with Gasteiger partial charge in [0.25, 0.3) is 0 Å². The predicted molar refractivity (Wildman–Crippen MR) is 170 cm³/mol. The van der Waals surface area contributed by atoms with Crippen molar-refractivity contribution < 1.29 is 47.2 Å². The molecule has 6 rings (SSSR count). The Balaban J connectivity index is 0.000000582. The van der Waals surface area contributed by atoms with Gasteiger partial charge in [0.05, 0.1) is 43.5 Å². The lowest BCUT2D eigenvalue weighted by Crippen LogP contribution is -2.57. The third-order valence-electron chi connectivity index (χ3n) is 7.81. The highest BCUT2D eigenvalue weighted by molar-refractivity contribution is 5.92. The van der Waals surface area contributed by atoms with Gasteiger partial charge in [-0.1, -0.05) is 48.5 Å². The smallest absolute Gasteiger partial charge is 0.490 e. The molecule has 2 saturated heterocycles. The molecule has 0 spiro atoms. The Hall–Kier alpha value is -4.95. The zero-order valence-electron chi connectivity index (χ0n) is 26.1. The average molecular weight is 669 g/mol. The number of carboxylic acids is 1. The number of hydrogen-bond acceptors (Lipinski definition) is 9. The third kappa shape index (κ3) is 8.69. The number of carbonyl (C=O) groups is 2. The lowest BCUT2D eigenvalue weighted by molar-refractivity contribution is -0.192. The van der Waals surface area contributed by atoms with Crippen LogP contribution in [0.25, 0.3) is 22.3 Å². The lowest BCUT2D eigenvalue weighted by Gasteiger charge is -2.41. The van der Waals surface area contributed by atoms with Crippen molar-refractivity contribution in [3.05, 3.63) is 83.9 Å². The van der Waals surface area contributed by atoms with Crippen molar-refractivity contribution >= 4 is 28.8 Å². The molecule has 0 bridgehead atoms. The van der Waals surface area contributed by atoms with E-state index in [4.69, 9.17) is 34.1 Å². The minimum absolute atomic E-state index is 0.126. The molecule has 0 unspecified atom stereocenters. The van der Waals surface area contributed by atoms with Crippen LogP contribution in [0.3, 0.4) is 0 Å². The number of carbonyl (C=O) groups excluding carboxylic acids is 1. The van der Waals surface area contributed by atoms with Gasteiger partial charge in [-0.15, -0.1) is 0 Å². The quantitative estimate of drug-likeness (QED) is 0.257. The molecule has 0 radical (unpaired) electrons. The third-order valence-corrected chi connectivity index (χ3v) is 7.81. The number of ether oxygens (including phenoxy) is 3. The Morgan fingerprint density at radius 2 is 1.75 bits per heavy atom. The summed E-state index contributed by atoms with van der Waals surface area (Å²) < 4.78 is 49.1. The molecule has 0 aliphatic carbocycles. The van der Waals surface area contributed by atoms with E-state index in [1.807, 2.05) is 67.6 Å². The van der Waals surface area contributed by atoms with Gasteiger partial charge < -0.3 is 29.3 Å². The van der Waals surface area contributed by atoms with Crippen LogP contribution >= 0.6 is 0 Å². The molecular formula is C34H35F3N4O7. The van der Waals surface area contributed by atoms with E-state index in [0.29, 0.717) is 63.9 Å². The number of anilines is 1. The second-order valence-corrected chi connectivity index (χ2v) is 11.4. The molecule has 2 aliphatic rings. The first-order chi connectivity index (χ1) is 23.0. The maximum atomic E-state index is 13.3. The first kappa shape index (κ1) is 34.4. The van der Waals surface area contributed by atoms with E-state index in [9.17, 15) is 23.1 Å². The first-order valence-corrected chi connectivity index (χ1v) is 15.3. The molecule has 11 nitrogen and oxygen atoms in total. The van der Waals surface area contributed by atoms with Gasteiger partial charge in [0, 0.05) is 31.4 Å². The molecule has 1 aromatic heterocycles. The summed E-state index contributed by atoms with van der Waals surface area (Å²) in [7, 11) is 0. The summed E-state index contributed by atoms with van der Waals surface area (Å²) in [5.41, 5.74) is 3.53. The monoisotopic (exact) mass is 668 g/mol. The number of hydrogen-bond donors (Lipinski definition) is 2. The average Bonchev–Trinajstić information content (AvgIpc) is 3.57. The number of phenolic OH excluding ortho intramolecular Hbond substituents is 1. The molecule has 4 aromatic rings. The molecule has 2 atom stereocenters. The van der Waals surface area contributed by atoms with Crippen molar-refractivity contribution in [3.8, 4) is 17.1 Å². The van der Waals surface area contributed by atoms with Crippen molar-refractivity contribution in [2.24, 2.45) is 0 Å². The van der Waals surface area contributed by atoms with E-state index in [1.165, 1.54) is 0 Å². The fraction of sp³-hybridized carbons (Fsp3) is 0.353. The highest BCUT2D eigenvalue weighted by Gasteiger charge is 2.38. The van der Waals surface area contributed by atoms with Crippen LogP contribution in [0.5, 0.6) is 5.75 Å².